The van der Waals surface area contributed by atoms with Crippen molar-refractivity contribution in [1.29, 1.82) is 0 Å². The average molecular weight is 210 g/mol. The summed E-state index contributed by atoms with van der Waals surface area (Å²) in [6.07, 6.45) is 1.47. The van der Waals surface area contributed by atoms with Gasteiger partial charge in [-0.05, 0) is 20.8 Å². The molecular weight excluding hydrogens is 192 g/mol. The van der Waals surface area contributed by atoms with E-state index in [1.807, 2.05) is 18.9 Å². The Labute approximate surface area is 90.3 Å². The van der Waals surface area contributed by atoms with Crippen LogP contribution in [0.4, 0.5) is 11.5 Å². The second-order valence-electron chi connectivity index (χ2n) is 3.55. The van der Waals surface area contributed by atoms with Crippen molar-refractivity contribution >= 4 is 11.5 Å². The third kappa shape index (κ3) is 2.49. The molecule has 84 valence electrons. The molecule has 5 nitrogen and oxygen atoms in total. The maximum absolute atomic E-state index is 5.92. The molecule has 0 saturated carbocycles. The van der Waals surface area contributed by atoms with Crippen LogP contribution >= 0.6 is 0 Å². The smallest absolute Gasteiger partial charge is 0.242 e. The standard InChI is InChI=1S/C10H18N4O/c1-5-15-10-8(11)9(12-6-13-10)14(4)7(2)3/h6-7H,5,11H2,1-4H3. The molecule has 1 aromatic rings. The van der Waals surface area contributed by atoms with Gasteiger partial charge in [0.05, 0.1) is 6.61 Å². The number of hydrogen-bond donors (Lipinski definition) is 1. The van der Waals surface area contributed by atoms with Gasteiger partial charge in [-0.25, -0.2) is 4.98 Å². The fraction of sp³-hybridized carbons (Fsp3) is 0.600. The maximum Gasteiger partial charge on any atom is 0.242 e. The highest BCUT2D eigenvalue weighted by Crippen LogP contribution is 2.27. The first-order valence-electron chi connectivity index (χ1n) is 5.04. The van der Waals surface area contributed by atoms with E-state index in [0.717, 1.165) is 0 Å². The molecule has 15 heavy (non-hydrogen) atoms. The predicted molar refractivity (Wildman–Crippen MR) is 61.2 cm³/mol. The normalized spacial score (nSPS) is 10.5. The molecule has 0 aliphatic rings. The molecule has 0 fully saturated rings. The highest BCUT2D eigenvalue weighted by atomic mass is 16.5. The number of aromatic nitrogens is 2. The van der Waals surface area contributed by atoms with E-state index in [2.05, 4.69) is 23.8 Å². The van der Waals surface area contributed by atoms with Crippen LogP contribution in [0.1, 0.15) is 20.8 Å². The van der Waals surface area contributed by atoms with Crippen LogP contribution in [0.3, 0.4) is 0 Å². The molecule has 0 amide bonds. The monoisotopic (exact) mass is 210 g/mol. The van der Waals surface area contributed by atoms with Gasteiger partial charge in [-0.15, -0.1) is 0 Å². The number of rotatable bonds is 4. The van der Waals surface area contributed by atoms with Crippen molar-refractivity contribution in [2.75, 3.05) is 24.3 Å². The number of nitrogens with zero attached hydrogens (tertiary/aromatic N) is 3. The summed E-state index contributed by atoms with van der Waals surface area (Å²) >= 11 is 0. The SMILES string of the molecule is CCOc1ncnc(N(C)C(C)C)c1N. The van der Waals surface area contributed by atoms with Crippen molar-refractivity contribution < 1.29 is 4.74 Å². The fourth-order valence-corrected chi connectivity index (χ4v) is 1.15. The van der Waals surface area contributed by atoms with Crippen molar-refractivity contribution in [2.24, 2.45) is 0 Å². The molecule has 0 bridgehead atoms. The summed E-state index contributed by atoms with van der Waals surface area (Å²) in [6.45, 7) is 6.59. The lowest BCUT2D eigenvalue weighted by molar-refractivity contribution is 0.328. The number of nitrogen functional groups attached to an aromatic ring is 1. The minimum atomic E-state index is 0.330. The summed E-state index contributed by atoms with van der Waals surface area (Å²) in [4.78, 5) is 10.1. The van der Waals surface area contributed by atoms with Crippen molar-refractivity contribution in [3.63, 3.8) is 0 Å². The van der Waals surface area contributed by atoms with Crippen LogP contribution in [-0.2, 0) is 0 Å². The number of anilines is 2. The summed E-state index contributed by atoms with van der Waals surface area (Å²) in [7, 11) is 1.94. The van der Waals surface area contributed by atoms with Crippen molar-refractivity contribution in [3.05, 3.63) is 6.33 Å². The minimum absolute atomic E-state index is 0.330. The highest BCUT2D eigenvalue weighted by molar-refractivity contribution is 5.67. The zero-order chi connectivity index (χ0) is 11.4. The molecule has 0 aromatic carbocycles. The van der Waals surface area contributed by atoms with E-state index in [4.69, 9.17) is 10.5 Å². The summed E-state index contributed by atoms with van der Waals surface area (Å²) in [5.74, 6) is 1.17. The predicted octanol–water partition coefficient (Wildman–Crippen LogP) is 1.30. The third-order valence-corrected chi connectivity index (χ3v) is 2.22. The summed E-state index contributed by atoms with van der Waals surface area (Å²) in [5.41, 5.74) is 6.41. The molecule has 0 aliphatic carbocycles. The van der Waals surface area contributed by atoms with Gasteiger partial charge in [-0.1, -0.05) is 0 Å². The molecule has 2 N–H and O–H groups in total. The summed E-state index contributed by atoms with van der Waals surface area (Å²) in [6, 6.07) is 0.330. The van der Waals surface area contributed by atoms with Crippen LogP contribution < -0.4 is 15.4 Å². The van der Waals surface area contributed by atoms with E-state index in [1.54, 1.807) is 0 Å². The lowest BCUT2D eigenvalue weighted by atomic mass is 10.3. The Morgan fingerprint density at radius 2 is 2.13 bits per heavy atom. The molecule has 0 saturated heterocycles. The Bertz CT molecular complexity index is 327. The molecule has 0 unspecified atom stereocenters. The maximum atomic E-state index is 5.92. The largest absolute Gasteiger partial charge is 0.476 e. The Morgan fingerprint density at radius 3 is 2.67 bits per heavy atom. The number of ether oxygens (including phenoxy) is 1. The first-order valence-corrected chi connectivity index (χ1v) is 5.04. The van der Waals surface area contributed by atoms with Gasteiger partial charge in [0.1, 0.15) is 12.0 Å². The zero-order valence-electron chi connectivity index (χ0n) is 9.69. The number of nitrogens with two attached hydrogens (primary N) is 1. The van der Waals surface area contributed by atoms with Crippen LogP contribution in [0.2, 0.25) is 0 Å². The van der Waals surface area contributed by atoms with Gasteiger partial charge < -0.3 is 15.4 Å². The van der Waals surface area contributed by atoms with Gasteiger partial charge >= 0.3 is 0 Å². The highest BCUT2D eigenvalue weighted by Gasteiger charge is 2.14. The van der Waals surface area contributed by atoms with Crippen LogP contribution in [-0.4, -0.2) is 29.7 Å². The van der Waals surface area contributed by atoms with E-state index >= 15 is 0 Å². The topological polar surface area (TPSA) is 64.3 Å². The molecule has 1 aromatic heterocycles. The number of hydrogen-bond acceptors (Lipinski definition) is 5. The zero-order valence-corrected chi connectivity index (χ0v) is 9.69. The minimum Gasteiger partial charge on any atom is -0.476 e. The lowest BCUT2D eigenvalue weighted by Crippen LogP contribution is -2.27. The molecule has 0 aliphatic heterocycles. The Kier molecular flexibility index (Phi) is 3.71. The van der Waals surface area contributed by atoms with E-state index < -0.39 is 0 Å². The van der Waals surface area contributed by atoms with Gasteiger partial charge in [0.25, 0.3) is 0 Å². The second kappa shape index (κ2) is 4.82. The quantitative estimate of drug-likeness (QED) is 0.811. The van der Waals surface area contributed by atoms with Crippen LogP contribution in [0.5, 0.6) is 5.88 Å². The van der Waals surface area contributed by atoms with E-state index in [9.17, 15) is 0 Å². The van der Waals surface area contributed by atoms with Gasteiger partial charge in [0.2, 0.25) is 5.88 Å². The Morgan fingerprint density at radius 1 is 1.47 bits per heavy atom. The van der Waals surface area contributed by atoms with E-state index in [0.29, 0.717) is 30.0 Å². The van der Waals surface area contributed by atoms with Gasteiger partial charge in [-0.3, -0.25) is 0 Å². The second-order valence-corrected chi connectivity index (χ2v) is 3.55. The molecule has 1 heterocycles. The molecule has 1 rings (SSSR count). The van der Waals surface area contributed by atoms with Crippen molar-refractivity contribution in [3.8, 4) is 5.88 Å². The Hall–Kier alpha value is -1.52. The molecule has 0 spiro atoms. The third-order valence-electron chi connectivity index (χ3n) is 2.22. The van der Waals surface area contributed by atoms with Crippen LogP contribution in [0.15, 0.2) is 6.33 Å². The molecule has 5 heteroatoms. The Balaban J connectivity index is 3.03. The van der Waals surface area contributed by atoms with Gasteiger partial charge in [-0.2, -0.15) is 4.98 Å². The van der Waals surface area contributed by atoms with Gasteiger partial charge in [0.15, 0.2) is 5.82 Å². The molecule has 0 atom stereocenters. The van der Waals surface area contributed by atoms with Crippen molar-refractivity contribution in [1.82, 2.24) is 9.97 Å². The summed E-state index contributed by atoms with van der Waals surface area (Å²) < 4.78 is 5.30. The first-order chi connectivity index (χ1) is 7.07. The molecular formula is C10H18N4O. The first kappa shape index (κ1) is 11.6. The van der Waals surface area contributed by atoms with E-state index in [1.165, 1.54) is 6.33 Å². The summed E-state index contributed by atoms with van der Waals surface area (Å²) in [5, 5.41) is 0. The van der Waals surface area contributed by atoms with Gasteiger partial charge in [0, 0.05) is 13.1 Å². The average Bonchev–Trinajstić information content (AvgIpc) is 2.20. The fourth-order valence-electron chi connectivity index (χ4n) is 1.15. The van der Waals surface area contributed by atoms with Crippen LogP contribution in [0.25, 0.3) is 0 Å². The molecule has 0 radical (unpaired) electrons. The van der Waals surface area contributed by atoms with E-state index in [-0.39, 0.29) is 0 Å². The lowest BCUT2D eigenvalue weighted by Gasteiger charge is -2.24. The van der Waals surface area contributed by atoms with Crippen molar-refractivity contribution in [2.45, 2.75) is 26.8 Å². The van der Waals surface area contributed by atoms with Crippen LogP contribution in [0, 0.1) is 0 Å².